The molecule has 0 spiro atoms. The highest BCUT2D eigenvalue weighted by atomic mass is 16.3. The minimum atomic E-state index is 0.0693. The van der Waals surface area contributed by atoms with E-state index in [0.717, 1.165) is 17.2 Å². The van der Waals surface area contributed by atoms with Crippen LogP contribution >= 0.6 is 0 Å². The number of hydrogen-bond donors (Lipinski definition) is 0. The van der Waals surface area contributed by atoms with Gasteiger partial charge in [0.15, 0.2) is 0 Å². The van der Waals surface area contributed by atoms with Crippen molar-refractivity contribution in [2.75, 3.05) is 0 Å². The molecule has 1 amide bonds. The molecule has 3 aromatic heterocycles. The van der Waals surface area contributed by atoms with Crippen LogP contribution in [0.5, 0.6) is 0 Å². The molecular weight excluding hydrogens is 318 g/mol. The summed E-state index contributed by atoms with van der Waals surface area (Å²) in [5.41, 5.74) is 0.857. The molecule has 0 aliphatic heterocycles. The summed E-state index contributed by atoms with van der Waals surface area (Å²) in [4.78, 5) is 22.7. The molecule has 25 heavy (non-hydrogen) atoms. The van der Waals surface area contributed by atoms with Gasteiger partial charge in [0.05, 0.1) is 18.8 Å². The largest absolute Gasteiger partial charge is 0.464 e. The maximum Gasteiger partial charge on any atom is 0.223 e. The van der Waals surface area contributed by atoms with Crippen LogP contribution in [0.1, 0.15) is 30.1 Å². The Bertz CT molecular complexity index is 783. The van der Waals surface area contributed by atoms with Gasteiger partial charge in [-0.25, -0.2) is 4.98 Å². The lowest BCUT2D eigenvalue weighted by Gasteiger charge is -2.21. The maximum atomic E-state index is 12.7. The van der Waals surface area contributed by atoms with Gasteiger partial charge in [0.25, 0.3) is 0 Å². The first-order valence-corrected chi connectivity index (χ1v) is 8.26. The van der Waals surface area contributed by atoms with Gasteiger partial charge >= 0.3 is 0 Å². The third-order valence-corrected chi connectivity index (χ3v) is 3.82. The molecule has 0 N–H and O–H groups in total. The maximum absolute atomic E-state index is 12.7. The third-order valence-electron chi connectivity index (χ3n) is 3.82. The minimum absolute atomic E-state index is 0.0693. The third kappa shape index (κ3) is 5.00. The summed E-state index contributed by atoms with van der Waals surface area (Å²) < 4.78 is 7.36. The molecular formula is C18H21N5O2. The second kappa shape index (κ2) is 8.23. The summed E-state index contributed by atoms with van der Waals surface area (Å²) in [7, 11) is 0. The topological polar surface area (TPSA) is 77.1 Å². The van der Waals surface area contributed by atoms with Crippen LogP contribution < -0.4 is 0 Å². The van der Waals surface area contributed by atoms with E-state index >= 15 is 0 Å². The number of nitrogens with zero attached hydrogens (tertiary/aromatic N) is 5. The monoisotopic (exact) mass is 339 g/mol. The van der Waals surface area contributed by atoms with E-state index in [-0.39, 0.29) is 5.91 Å². The van der Waals surface area contributed by atoms with Crippen molar-refractivity contribution in [2.45, 2.75) is 39.4 Å². The highest BCUT2D eigenvalue weighted by Gasteiger charge is 2.16. The molecule has 0 aliphatic rings. The van der Waals surface area contributed by atoms with Crippen molar-refractivity contribution in [1.82, 2.24) is 24.6 Å². The van der Waals surface area contributed by atoms with Gasteiger partial charge in [-0.05, 0) is 37.6 Å². The summed E-state index contributed by atoms with van der Waals surface area (Å²) in [6.07, 6.45) is 6.03. The molecule has 130 valence electrons. The number of furan rings is 1. The van der Waals surface area contributed by atoms with Gasteiger partial charge in [-0.2, -0.15) is 5.10 Å². The fourth-order valence-corrected chi connectivity index (χ4v) is 2.58. The van der Waals surface area contributed by atoms with E-state index in [4.69, 9.17) is 4.42 Å². The van der Waals surface area contributed by atoms with E-state index in [9.17, 15) is 4.79 Å². The zero-order valence-corrected chi connectivity index (χ0v) is 14.2. The molecule has 3 heterocycles. The molecule has 0 unspecified atom stereocenters. The SMILES string of the molecule is Cc1ccc(CN(Cc2ccccn2)C(=O)CCCn2cncn2)o1. The first-order valence-electron chi connectivity index (χ1n) is 8.26. The van der Waals surface area contributed by atoms with Crippen LogP contribution in [0.25, 0.3) is 0 Å². The van der Waals surface area contributed by atoms with Gasteiger partial charge in [-0.15, -0.1) is 0 Å². The average molecular weight is 339 g/mol. The number of hydrogen-bond acceptors (Lipinski definition) is 5. The Morgan fingerprint density at radius 2 is 2.16 bits per heavy atom. The van der Waals surface area contributed by atoms with Gasteiger partial charge < -0.3 is 9.32 Å². The Labute approximate surface area is 146 Å². The summed E-state index contributed by atoms with van der Waals surface area (Å²) in [5, 5.41) is 4.05. The second-order valence-corrected chi connectivity index (χ2v) is 5.85. The predicted octanol–water partition coefficient (Wildman–Crippen LogP) is 2.58. The fourth-order valence-electron chi connectivity index (χ4n) is 2.58. The lowest BCUT2D eigenvalue weighted by Crippen LogP contribution is -2.30. The van der Waals surface area contributed by atoms with E-state index in [2.05, 4.69) is 15.1 Å². The molecule has 0 bridgehead atoms. The Kier molecular flexibility index (Phi) is 5.56. The lowest BCUT2D eigenvalue weighted by molar-refractivity contribution is -0.133. The molecule has 0 aromatic carbocycles. The highest BCUT2D eigenvalue weighted by Crippen LogP contribution is 2.14. The van der Waals surface area contributed by atoms with Gasteiger partial charge in [0.1, 0.15) is 24.2 Å². The molecule has 0 fully saturated rings. The van der Waals surface area contributed by atoms with Crippen LogP contribution in [0.15, 0.2) is 53.6 Å². The van der Waals surface area contributed by atoms with Crippen molar-refractivity contribution in [3.05, 3.63) is 66.4 Å². The predicted molar refractivity (Wildman–Crippen MR) is 91.2 cm³/mol. The van der Waals surface area contributed by atoms with Crippen molar-refractivity contribution in [2.24, 2.45) is 0 Å². The number of carbonyl (C=O) groups is 1. The van der Waals surface area contributed by atoms with E-state index in [1.165, 1.54) is 6.33 Å². The number of amides is 1. The van der Waals surface area contributed by atoms with Crippen molar-refractivity contribution in [3.8, 4) is 0 Å². The Hall–Kier alpha value is -2.96. The van der Waals surface area contributed by atoms with E-state index in [0.29, 0.717) is 32.5 Å². The van der Waals surface area contributed by atoms with Crippen molar-refractivity contribution < 1.29 is 9.21 Å². The fraction of sp³-hybridized carbons (Fsp3) is 0.333. The van der Waals surface area contributed by atoms with Gasteiger partial charge in [0.2, 0.25) is 5.91 Å². The second-order valence-electron chi connectivity index (χ2n) is 5.85. The Morgan fingerprint density at radius 1 is 1.24 bits per heavy atom. The molecule has 0 aliphatic carbocycles. The lowest BCUT2D eigenvalue weighted by atomic mass is 10.2. The van der Waals surface area contributed by atoms with Crippen molar-refractivity contribution in [1.29, 1.82) is 0 Å². The van der Waals surface area contributed by atoms with Crippen LogP contribution in [-0.2, 0) is 24.4 Å². The zero-order valence-electron chi connectivity index (χ0n) is 14.2. The number of pyridine rings is 1. The first kappa shape index (κ1) is 16.9. The zero-order chi connectivity index (χ0) is 17.5. The standard InChI is InChI=1S/C18H21N5O2/c1-15-7-8-17(25-15)12-22(11-16-5-2-3-9-20-16)18(24)6-4-10-23-14-19-13-21-23/h2-3,5,7-9,13-14H,4,6,10-12H2,1H3. The highest BCUT2D eigenvalue weighted by molar-refractivity contribution is 5.76. The molecule has 7 heteroatoms. The van der Waals surface area contributed by atoms with E-state index in [1.54, 1.807) is 22.1 Å². The van der Waals surface area contributed by atoms with Crippen molar-refractivity contribution in [3.63, 3.8) is 0 Å². The van der Waals surface area contributed by atoms with E-state index < -0.39 is 0 Å². The molecule has 7 nitrogen and oxygen atoms in total. The normalized spacial score (nSPS) is 10.8. The minimum Gasteiger partial charge on any atom is -0.464 e. The smallest absolute Gasteiger partial charge is 0.223 e. The van der Waals surface area contributed by atoms with Crippen molar-refractivity contribution >= 4 is 5.91 Å². The van der Waals surface area contributed by atoms with E-state index in [1.807, 2.05) is 37.3 Å². The summed E-state index contributed by atoms with van der Waals surface area (Å²) >= 11 is 0. The molecule has 3 rings (SSSR count). The molecule has 0 saturated heterocycles. The van der Waals surface area contributed by atoms with Crippen LogP contribution in [0.3, 0.4) is 0 Å². The molecule has 3 aromatic rings. The molecule has 0 radical (unpaired) electrons. The van der Waals surface area contributed by atoms with Gasteiger partial charge in [-0.1, -0.05) is 6.07 Å². The molecule has 0 saturated carbocycles. The summed E-state index contributed by atoms with van der Waals surface area (Å²) in [5.74, 6) is 1.68. The van der Waals surface area contributed by atoms with Gasteiger partial charge in [0, 0.05) is 19.2 Å². The summed E-state index contributed by atoms with van der Waals surface area (Å²) in [6.45, 7) is 3.46. The number of aromatic nitrogens is 4. The molecule has 0 atom stereocenters. The number of carbonyl (C=O) groups excluding carboxylic acids is 1. The quantitative estimate of drug-likeness (QED) is 0.630. The number of rotatable bonds is 8. The average Bonchev–Trinajstić information content (AvgIpc) is 3.27. The van der Waals surface area contributed by atoms with Crippen LogP contribution in [0.2, 0.25) is 0 Å². The summed E-state index contributed by atoms with van der Waals surface area (Å²) in [6, 6.07) is 9.52. The Morgan fingerprint density at radius 3 is 2.84 bits per heavy atom. The van der Waals surface area contributed by atoms with Gasteiger partial charge in [-0.3, -0.25) is 14.5 Å². The van der Waals surface area contributed by atoms with Crippen LogP contribution in [0.4, 0.5) is 0 Å². The van der Waals surface area contributed by atoms with Crippen LogP contribution in [-0.4, -0.2) is 30.6 Å². The van der Waals surface area contributed by atoms with Crippen LogP contribution in [0, 0.1) is 6.92 Å². The Balaban J connectivity index is 1.62. The first-order chi connectivity index (χ1) is 12.2. The number of aryl methyl sites for hydroxylation is 2.